The van der Waals surface area contributed by atoms with Gasteiger partial charge in [-0.05, 0) is 43.4 Å². The van der Waals surface area contributed by atoms with Gasteiger partial charge in [-0.3, -0.25) is 14.5 Å². The summed E-state index contributed by atoms with van der Waals surface area (Å²) in [6.07, 6.45) is 2.66. The molecule has 1 aromatic rings. The van der Waals surface area contributed by atoms with E-state index in [1.165, 1.54) is 0 Å². The summed E-state index contributed by atoms with van der Waals surface area (Å²) in [5.41, 5.74) is 0.353. The molecule has 6 nitrogen and oxygen atoms in total. The molecule has 1 saturated heterocycles. The number of aliphatic carboxylic acids is 1. The molecule has 25 heavy (non-hydrogen) atoms. The Morgan fingerprint density at radius 2 is 2.28 bits per heavy atom. The predicted molar refractivity (Wildman–Crippen MR) is 93.3 cm³/mol. The van der Waals surface area contributed by atoms with Crippen LogP contribution in [0.15, 0.2) is 24.3 Å². The molecular formula is C19H26N2O4. The fourth-order valence-corrected chi connectivity index (χ4v) is 4.23. The third-order valence-corrected chi connectivity index (χ3v) is 5.43. The molecule has 2 atom stereocenters. The summed E-state index contributed by atoms with van der Waals surface area (Å²) in [6.45, 7) is 4.44. The normalized spacial score (nSPS) is 25.6. The topological polar surface area (TPSA) is 78.9 Å². The van der Waals surface area contributed by atoms with Crippen molar-refractivity contribution in [3.63, 3.8) is 0 Å². The fourth-order valence-electron chi connectivity index (χ4n) is 4.23. The van der Waals surface area contributed by atoms with E-state index in [-0.39, 0.29) is 18.4 Å². The van der Waals surface area contributed by atoms with Crippen LogP contribution in [0.4, 0.5) is 0 Å². The number of hydrogen-bond acceptors (Lipinski definition) is 4. The summed E-state index contributed by atoms with van der Waals surface area (Å²) in [7, 11) is 0. The molecule has 1 aromatic carbocycles. The molecule has 136 valence electrons. The lowest BCUT2D eigenvalue weighted by Gasteiger charge is -2.23. The Morgan fingerprint density at radius 1 is 1.44 bits per heavy atom. The number of hydrogen-bond donors (Lipinski definition) is 2. The SMILES string of the molecule is CCOc1cccc(CNC(=O)CN2C[C@@H]3CCC[C@@]3(C(=O)O)C2)c1. The summed E-state index contributed by atoms with van der Waals surface area (Å²) in [6, 6.07) is 7.67. The molecule has 0 spiro atoms. The second-order valence-electron chi connectivity index (χ2n) is 7.08. The number of fused-ring (bicyclic) bond motifs is 1. The highest BCUT2D eigenvalue weighted by Crippen LogP contribution is 2.48. The van der Waals surface area contributed by atoms with Crippen LogP contribution in [0.2, 0.25) is 0 Å². The highest BCUT2D eigenvalue weighted by atomic mass is 16.5. The van der Waals surface area contributed by atoms with Gasteiger partial charge >= 0.3 is 5.97 Å². The number of benzene rings is 1. The van der Waals surface area contributed by atoms with Crippen LogP contribution in [0, 0.1) is 11.3 Å². The van der Waals surface area contributed by atoms with Crippen molar-refractivity contribution in [1.29, 1.82) is 0 Å². The van der Waals surface area contributed by atoms with Gasteiger partial charge in [0.15, 0.2) is 0 Å². The van der Waals surface area contributed by atoms with Crippen LogP contribution >= 0.6 is 0 Å². The zero-order valence-electron chi connectivity index (χ0n) is 14.7. The molecular weight excluding hydrogens is 320 g/mol. The van der Waals surface area contributed by atoms with E-state index in [2.05, 4.69) is 5.32 Å². The molecule has 0 radical (unpaired) electrons. The van der Waals surface area contributed by atoms with Crippen molar-refractivity contribution in [3.05, 3.63) is 29.8 Å². The van der Waals surface area contributed by atoms with Gasteiger partial charge in [0.05, 0.1) is 18.6 Å². The minimum absolute atomic E-state index is 0.0673. The zero-order chi connectivity index (χ0) is 17.9. The Balaban J connectivity index is 1.50. The van der Waals surface area contributed by atoms with Gasteiger partial charge in [0.2, 0.25) is 5.91 Å². The first-order valence-corrected chi connectivity index (χ1v) is 8.97. The second-order valence-corrected chi connectivity index (χ2v) is 7.08. The Labute approximate surface area is 148 Å². The third kappa shape index (κ3) is 3.79. The van der Waals surface area contributed by atoms with Gasteiger partial charge in [0.1, 0.15) is 5.75 Å². The predicted octanol–water partition coefficient (Wildman–Crippen LogP) is 1.89. The maximum atomic E-state index is 12.2. The molecule has 2 N–H and O–H groups in total. The number of carboxylic acid groups (broad SMARTS) is 1. The van der Waals surface area contributed by atoms with Gasteiger partial charge in [0, 0.05) is 19.6 Å². The molecule has 0 aromatic heterocycles. The van der Waals surface area contributed by atoms with E-state index < -0.39 is 11.4 Å². The lowest BCUT2D eigenvalue weighted by atomic mass is 9.81. The maximum Gasteiger partial charge on any atom is 0.311 e. The number of nitrogens with one attached hydrogen (secondary N) is 1. The van der Waals surface area contributed by atoms with Crippen molar-refractivity contribution in [2.45, 2.75) is 32.7 Å². The van der Waals surface area contributed by atoms with E-state index in [1.807, 2.05) is 36.1 Å². The van der Waals surface area contributed by atoms with Gasteiger partial charge < -0.3 is 15.2 Å². The van der Waals surface area contributed by atoms with Crippen LogP contribution < -0.4 is 10.1 Å². The van der Waals surface area contributed by atoms with Crippen LogP contribution in [0.5, 0.6) is 5.75 Å². The first-order valence-electron chi connectivity index (χ1n) is 8.97. The molecule has 2 aliphatic rings. The summed E-state index contributed by atoms with van der Waals surface area (Å²) < 4.78 is 5.46. The molecule has 2 fully saturated rings. The number of carbonyl (C=O) groups excluding carboxylic acids is 1. The second kappa shape index (κ2) is 7.44. The summed E-state index contributed by atoms with van der Waals surface area (Å²) in [5, 5.41) is 12.5. The van der Waals surface area contributed by atoms with Crippen molar-refractivity contribution in [3.8, 4) is 5.75 Å². The lowest BCUT2D eigenvalue weighted by Crippen LogP contribution is -2.39. The smallest absolute Gasteiger partial charge is 0.311 e. The highest BCUT2D eigenvalue weighted by molar-refractivity contribution is 5.79. The number of rotatable bonds is 7. The third-order valence-electron chi connectivity index (χ3n) is 5.43. The van der Waals surface area contributed by atoms with Crippen LogP contribution in [-0.2, 0) is 16.1 Å². The molecule has 0 unspecified atom stereocenters. The highest BCUT2D eigenvalue weighted by Gasteiger charge is 2.54. The molecule has 1 amide bonds. The Bertz CT molecular complexity index is 648. The molecule has 1 aliphatic carbocycles. The van der Waals surface area contributed by atoms with E-state index in [4.69, 9.17) is 4.74 Å². The molecule has 6 heteroatoms. The Hall–Kier alpha value is -2.08. The van der Waals surface area contributed by atoms with Gasteiger partial charge in [-0.2, -0.15) is 0 Å². The molecule has 1 aliphatic heterocycles. The molecule has 1 saturated carbocycles. The largest absolute Gasteiger partial charge is 0.494 e. The number of nitrogens with zero attached hydrogens (tertiary/aromatic N) is 1. The van der Waals surface area contributed by atoms with Crippen molar-refractivity contribution in [1.82, 2.24) is 10.2 Å². The monoisotopic (exact) mass is 346 g/mol. The number of likely N-dealkylation sites (tertiary alicyclic amines) is 1. The number of carbonyl (C=O) groups is 2. The molecule has 0 bridgehead atoms. The average Bonchev–Trinajstić information content (AvgIpc) is 3.11. The summed E-state index contributed by atoms with van der Waals surface area (Å²) in [5.74, 6) is 0.207. The first-order chi connectivity index (χ1) is 12.0. The van der Waals surface area contributed by atoms with Gasteiger partial charge in [-0.25, -0.2) is 0 Å². The molecule has 3 rings (SSSR count). The number of ether oxygens (including phenoxy) is 1. The van der Waals surface area contributed by atoms with E-state index in [1.54, 1.807) is 0 Å². The quantitative estimate of drug-likeness (QED) is 0.788. The minimum atomic E-state index is -0.703. The van der Waals surface area contributed by atoms with Crippen LogP contribution in [-0.4, -0.2) is 48.1 Å². The summed E-state index contributed by atoms with van der Waals surface area (Å²) in [4.78, 5) is 25.9. The summed E-state index contributed by atoms with van der Waals surface area (Å²) >= 11 is 0. The van der Waals surface area contributed by atoms with Gasteiger partial charge in [-0.15, -0.1) is 0 Å². The van der Waals surface area contributed by atoms with Crippen LogP contribution in [0.1, 0.15) is 31.7 Å². The molecule has 1 heterocycles. The first kappa shape index (κ1) is 17.7. The van der Waals surface area contributed by atoms with Crippen molar-refractivity contribution < 1.29 is 19.4 Å². The van der Waals surface area contributed by atoms with Crippen molar-refractivity contribution in [2.75, 3.05) is 26.2 Å². The number of carboxylic acids is 1. The minimum Gasteiger partial charge on any atom is -0.494 e. The maximum absolute atomic E-state index is 12.2. The standard InChI is InChI=1S/C19H26N2O4/c1-2-25-16-7-3-5-14(9-16)10-20-17(22)12-21-11-15-6-4-8-19(15,13-21)18(23)24/h3,5,7,9,15H,2,4,6,8,10-13H2,1H3,(H,20,22)(H,23,24)/t15-,19+/m0/s1. The van der Waals surface area contributed by atoms with E-state index in [0.717, 1.165) is 30.6 Å². The lowest BCUT2D eigenvalue weighted by molar-refractivity contribution is -0.149. The van der Waals surface area contributed by atoms with Crippen molar-refractivity contribution in [2.24, 2.45) is 11.3 Å². The van der Waals surface area contributed by atoms with Crippen molar-refractivity contribution >= 4 is 11.9 Å². The van der Waals surface area contributed by atoms with Gasteiger partial charge in [0.25, 0.3) is 0 Å². The fraction of sp³-hybridized carbons (Fsp3) is 0.579. The Kier molecular flexibility index (Phi) is 5.27. The van der Waals surface area contributed by atoms with Gasteiger partial charge in [-0.1, -0.05) is 18.6 Å². The van der Waals surface area contributed by atoms with E-state index in [9.17, 15) is 14.7 Å². The Morgan fingerprint density at radius 3 is 3.00 bits per heavy atom. The average molecular weight is 346 g/mol. The van der Waals surface area contributed by atoms with Crippen LogP contribution in [0.3, 0.4) is 0 Å². The van der Waals surface area contributed by atoms with E-state index in [0.29, 0.717) is 26.2 Å². The van der Waals surface area contributed by atoms with E-state index >= 15 is 0 Å². The number of amides is 1. The van der Waals surface area contributed by atoms with Crippen LogP contribution in [0.25, 0.3) is 0 Å². The zero-order valence-corrected chi connectivity index (χ0v) is 14.7.